The second-order valence-corrected chi connectivity index (χ2v) is 5.50. The summed E-state index contributed by atoms with van der Waals surface area (Å²) in [6.45, 7) is 2.67. The summed E-state index contributed by atoms with van der Waals surface area (Å²) < 4.78 is 13.5. The predicted molar refractivity (Wildman–Crippen MR) is 93.5 cm³/mol. The molecule has 3 aromatic carbocycles. The van der Waals surface area contributed by atoms with Gasteiger partial charge < -0.3 is 5.43 Å². The average Bonchev–Trinajstić information content (AvgIpc) is 2.58. The van der Waals surface area contributed by atoms with E-state index in [0.29, 0.717) is 6.54 Å². The fourth-order valence-corrected chi connectivity index (χ4v) is 2.52. The first kappa shape index (κ1) is 15.3. The SMILES string of the molecule is Cc1ccc(F)cc1-c1cccc(CNNc2ccccc2)c1. The van der Waals surface area contributed by atoms with Crippen LogP contribution in [0.4, 0.5) is 10.1 Å². The molecule has 0 aromatic heterocycles. The van der Waals surface area contributed by atoms with Crippen LogP contribution < -0.4 is 10.9 Å². The Morgan fingerprint density at radius 2 is 1.70 bits per heavy atom. The number of nitrogens with one attached hydrogen (secondary N) is 2. The summed E-state index contributed by atoms with van der Waals surface area (Å²) in [6.07, 6.45) is 0. The Hall–Kier alpha value is -2.65. The van der Waals surface area contributed by atoms with E-state index in [1.165, 1.54) is 6.07 Å². The van der Waals surface area contributed by atoms with Crippen LogP contribution in [0.5, 0.6) is 0 Å². The molecular formula is C20H19FN2. The maximum atomic E-state index is 13.5. The van der Waals surface area contributed by atoms with Gasteiger partial charge in [-0.1, -0.05) is 42.5 Å². The van der Waals surface area contributed by atoms with Gasteiger partial charge in [0, 0.05) is 12.2 Å². The highest BCUT2D eigenvalue weighted by molar-refractivity contribution is 5.67. The molecule has 2 nitrogen and oxygen atoms in total. The fraction of sp³-hybridized carbons (Fsp3) is 0.100. The van der Waals surface area contributed by atoms with Gasteiger partial charge in [-0.25, -0.2) is 9.82 Å². The van der Waals surface area contributed by atoms with Gasteiger partial charge in [-0.3, -0.25) is 0 Å². The van der Waals surface area contributed by atoms with Gasteiger partial charge in [0.2, 0.25) is 0 Å². The molecule has 3 heteroatoms. The highest BCUT2D eigenvalue weighted by Crippen LogP contribution is 2.25. The molecular weight excluding hydrogens is 287 g/mol. The Bertz CT molecular complexity index is 785. The highest BCUT2D eigenvalue weighted by Gasteiger charge is 2.04. The summed E-state index contributed by atoms with van der Waals surface area (Å²) in [5.41, 5.74) is 11.5. The minimum atomic E-state index is -0.208. The van der Waals surface area contributed by atoms with Crippen molar-refractivity contribution >= 4 is 5.69 Å². The van der Waals surface area contributed by atoms with Crippen LogP contribution in [0.1, 0.15) is 11.1 Å². The van der Waals surface area contributed by atoms with E-state index in [1.54, 1.807) is 6.07 Å². The van der Waals surface area contributed by atoms with Crippen molar-refractivity contribution in [3.63, 3.8) is 0 Å². The van der Waals surface area contributed by atoms with Crippen molar-refractivity contribution in [2.75, 3.05) is 5.43 Å². The van der Waals surface area contributed by atoms with Gasteiger partial charge in [-0.2, -0.15) is 0 Å². The van der Waals surface area contributed by atoms with Crippen LogP contribution in [-0.2, 0) is 6.54 Å². The lowest BCUT2D eigenvalue weighted by Gasteiger charge is -2.11. The summed E-state index contributed by atoms with van der Waals surface area (Å²) in [7, 11) is 0. The molecule has 3 aromatic rings. The topological polar surface area (TPSA) is 24.1 Å². The van der Waals surface area contributed by atoms with Gasteiger partial charge in [0.25, 0.3) is 0 Å². The molecule has 0 bridgehead atoms. The predicted octanol–water partition coefficient (Wildman–Crippen LogP) is 4.92. The quantitative estimate of drug-likeness (QED) is 0.654. The lowest BCUT2D eigenvalue weighted by molar-refractivity contribution is 0.628. The minimum Gasteiger partial charge on any atom is -0.321 e. The first-order chi connectivity index (χ1) is 11.2. The summed E-state index contributed by atoms with van der Waals surface area (Å²) in [5, 5.41) is 0. The van der Waals surface area contributed by atoms with Crippen molar-refractivity contribution in [1.82, 2.24) is 5.43 Å². The number of hydrogen-bond donors (Lipinski definition) is 2. The number of rotatable bonds is 5. The van der Waals surface area contributed by atoms with E-state index < -0.39 is 0 Å². The monoisotopic (exact) mass is 306 g/mol. The minimum absolute atomic E-state index is 0.208. The van der Waals surface area contributed by atoms with Gasteiger partial charge in [0.1, 0.15) is 5.82 Å². The Morgan fingerprint density at radius 3 is 2.52 bits per heavy atom. The highest BCUT2D eigenvalue weighted by atomic mass is 19.1. The maximum absolute atomic E-state index is 13.5. The van der Waals surface area contributed by atoms with Crippen LogP contribution in [0.15, 0.2) is 72.8 Å². The Balaban J connectivity index is 1.71. The number of anilines is 1. The fourth-order valence-electron chi connectivity index (χ4n) is 2.52. The van der Waals surface area contributed by atoms with Crippen LogP contribution in [0, 0.1) is 12.7 Å². The van der Waals surface area contributed by atoms with Crippen molar-refractivity contribution in [1.29, 1.82) is 0 Å². The molecule has 0 saturated carbocycles. The zero-order chi connectivity index (χ0) is 16.1. The summed E-state index contributed by atoms with van der Waals surface area (Å²) >= 11 is 0. The van der Waals surface area contributed by atoms with E-state index in [-0.39, 0.29) is 5.82 Å². The van der Waals surface area contributed by atoms with Gasteiger partial charge in [-0.05, 0) is 59.5 Å². The number of halogens is 1. The number of benzene rings is 3. The molecule has 0 spiro atoms. The van der Waals surface area contributed by atoms with Crippen LogP contribution in [0.25, 0.3) is 11.1 Å². The molecule has 0 unspecified atom stereocenters. The third-order valence-corrected chi connectivity index (χ3v) is 3.74. The van der Waals surface area contributed by atoms with Gasteiger partial charge in [-0.15, -0.1) is 0 Å². The molecule has 0 atom stereocenters. The van der Waals surface area contributed by atoms with Crippen LogP contribution in [0.3, 0.4) is 0 Å². The smallest absolute Gasteiger partial charge is 0.123 e. The third-order valence-electron chi connectivity index (χ3n) is 3.74. The first-order valence-corrected chi connectivity index (χ1v) is 7.62. The lowest BCUT2D eigenvalue weighted by Crippen LogP contribution is -2.20. The zero-order valence-electron chi connectivity index (χ0n) is 13.0. The van der Waals surface area contributed by atoms with E-state index >= 15 is 0 Å². The molecule has 3 rings (SSSR count). The molecule has 0 saturated heterocycles. The third kappa shape index (κ3) is 3.96. The second kappa shape index (κ2) is 7.07. The van der Waals surface area contributed by atoms with Crippen molar-refractivity contribution in [3.8, 4) is 11.1 Å². The largest absolute Gasteiger partial charge is 0.321 e. The summed E-state index contributed by atoms with van der Waals surface area (Å²) in [5.74, 6) is -0.208. The second-order valence-electron chi connectivity index (χ2n) is 5.50. The molecule has 0 fully saturated rings. The van der Waals surface area contributed by atoms with E-state index in [4.69, 9.17) is 0 Å². The Labute approximate surface area is 136 Å². The van der Waals surface area contributed by atoms with Gasteiger partial charge >= 0.3 is 0 Å². The zero-order valence-corrected chi connectivity index (χ0v) is 13.0. The number of hydrogen-bond acceptors (Lipinski definition) is 2. The van der Waals surface area contributed by atoms with Crippen molar-refractivity contribution in [2.45, 2.75) is 13.5 Å². The number of aryl methyl sites for hydroxylation is 1. The van der Waals surface area contributed by atoms with Crippen LogP contribution >= 0.6 is 0 Å². The molecule has 23 heavy (non-hydrogen) atoms. The Morgan fingerprint density at radius 1 is 0.870 bits per heavy atom. The summed E-state index contributed by atoms with van der Waals surface area (Å²) in [6, 6.07) is 23.0. The van der Waals surface area contributed by atoms with Crippen molar-refractivity contribution < 1.29 is 4.39 Å². The summed E-state index contributed by atoms with van der Waals surface area (Å²) in [4.78, 5) is 0. The standard InChI is InChI=1S/C20H19FN2/c1-15-10-11-18(21)13-20(15)17-7-5-6-16(12-17)14-22-23-19-8-3-2-4-9-19/h2-13,22-23H,14H2,1H3. The van der Waals surface area contributed by atoms with Gasteiger partial charge in [0.15, 0.2) is 0 Å². The molecule has 0 amide bonds. The maximum Gasteiger partial charge on any atom is 0.123 e. The normalized spacial score (nSPS) is 10.5. The molecule has 0 heterocycles. The molecule has 0 aliphatic carbocycles. The van der Waals surface area contributed by atoms with Gasteiger partial charge in [0.05, 0.1) is 0 Å². The molecule has 2 N–H and O–H groups in total. The van der Waals surface area contributed by atoms with E-state index in [0.717, 1.165) is 27.9 Å². The van der Waals surface area contributed by atoms with E-state index in [2.05, 4.69) is 23.0 Å². The van der Waals surface area contributed by atoms with E-state index in [9.17, 15) is 4.39 Å². The first-order valence-electron chi connectivity index (χ1n) is 7.62. The van der Waals surface area contributed by atoms with Crippen molar-refractivity contribution in [3.05, 3.63) is 89.7 Å². The Kier molecular flexibility index (Phi) is 4.69. The molecule has 116 valence electrons. The van der Waals surface area contributed by atoms with Crippen molar-refractivity contribution in [2.24, 2.45) is 0 Å². The molecule has 0 aliphatic heterocycles. The number of para-hydroxylation sites is 1. The molecule has 0 aliphatic rings. The molecule has 0 radical (unpaired) electrons. The lowest BCUT2D eigenvalue weighted by atomic mass is 9.99. The average molecular weight is 306 g/mol. The van der Waals surface area contributed by atoms with E-state index in [1.807, 2.05) is 55.5 Å². The number of hydrazine groups is 1. The van der Waals surface area contributed by atoms with Crippen LogP contribution in [0.2, 0.25) is 0 Å². The van der Waals surface area contributed by atoms with Crippen LogP contribution in [-0.4, -0.2) is 0 Å².